The maximum absolute atomic E-state index is 12.9. The number of ether oxygens (including phenoxy) is 1. The van der Waals surface area contributed by atoms with E-state index >= 15 is 0 Å². The summed E-state index contributed by atoms with van der Waals surface area (Å²) in [6.45, 7) is 2.88. The van der Waals surface area contributed by atoms with Gasteiger partial charge in [-0.15, -0.1) is 0 Å². The lowest BCUT2D eigenvalue weighted by Gasteiger charge is -2.29. The number of nitrogens with one attached hydrogen (secondary N) is 1. The summed E-state index contributed by atoms with van der Waals surface area (Å²) in [5.74, 6) is 0.123. The number of nitro benzene ring substituents is 1. The Morgan fingerprint density at radius 3 is 2.93 bits per heavy atom. The van der Waals surface area contributed by atoms with Gasteiger partial charge in [-0.1, -0.05) is 12.1 Å². The number of non-ortho nitro benzene ring substituents is 1. The van der Waals surface area contributed by atoms with Crippen molar-refractivity contribution < 1.29 is 14.5 Å². The molecule has 0 bridgehead atoms. The molecule has 0 radical (unpaired) electrons. The van der Waals surface area contributed by atoms with Gasteiger partial charge in [-0.25, -0.2) is 9.78 Å². The minimum Gasteiger partial charge on any atom is -0.462 e. The minimum absolute atomic E-state index is 0.0333. The van der Waals surface area contributed by atoms with Crippen molar-refractivity contribution in [1.29, 1.82) is 0 Å². The predicted octanol–water partition coefficient (Wildman–Crippen LogP) is 2.58. The van der Waals surface area contributed by atoms with Crippen molar-refractivity contribution in [3.63, 3.8) is 0 Å². The van der Waals surface area contributed by atoms with Gasteiger partial charge in [-0.2, -0.15) is 0 Å². The molecular weight excluding hydrogens is 362 g/mol. The molecule has 0 saturated heterocycles. The molecule has 0 fully saturated rings. The van der Waals surface area contributed by atoms with Gasteiger partial charge >= 0.3 is 5.97 Å². The number of nitro groups is 1. The van der Waals surface area contributed by atoms with Crippen molar-refractivity contribution in [3.8, 4) is 0 Å². The van der Waals surface area contributed by atoms with E-state index in [4.69, 9.17) is 4.74 Å². The monoisotopic (exact) mass is 385 g/mol. The number of esters is 1. The Hall–Kier alpha value is -3.20. The number of benzene rings is 1. The first kappa shape index (κ1) is 19.6. The number of imidazole rings is 1. The fourth-order valence-corrected chi connectivity index (χ4v) is 3.22. The maximum Gasteiger partial charge on any atom is 0.338 e. The van der Waals surface area contributed by atoms with Gasteiger partial charge in [0, 0.05) is 36.8 Å². The Bertz CT molecular complexity index is 919. The number of hydrogen-bond acceptors (Lipinski definition) is 7. The molecule has 1 aromatic carbocycles. The van der Waals surface area contributed by atoms with Gasteiger partial charge in [0.05, 0.1) is 23.1 Å². The Balaban J connectivity index is 1.93. The summed E-state index contributed by atoms with van der Waals surface area (Å²) >= 11 is 0. The molecule has 0 spiro atoms. The Kier molecular flexibility index (Phi) is 5.74. The summed E-state index contributed by atoms with van der Waals surface area (Å²) in [6, 6.07) is 5.72. The lowest BCUT2D eigenvalue weighted by molar-refractivity contribution is -0.384. The lowest BCUT2D eigenvalue weighted by Crippen LogP contribution is -2.29. The van der Waals surface area contributed by atoms with E-state index in [1.807, 2.05) is 19.0 Å². The molecule has 1 atom stereocenters. The van der Waals surface area contributed by atoms with Crippen LogP contribution in [0.4, 0.5) is 11.6 Å². The van der Waals surface area contributed by atoms with Crippen LogP contribution < -0.4 is 5.32 Å². The van der Waals surface area contributed by atoms with Crippen LogP contribution in [0.1, 0.15) is 24.9 Å². The number of anilines is 1. The van der Waals surface area contributed by atoms with Crippen LogP contribution in [-0.2, 0) is 9.53 Å². The van der Waals surface area contributed by atoms with Gasteiger partial charge in [-0.3, -0.25) is 10.1 Å². The highest BCUT2D eigenvalue weighted by Crippen LogP contribution is 2.37. The van der Waals surface area contributed by atoms with Crippen LogP contribution in [0, 0.1) is 10.1 Å². The molecule has 148 valence electrons. The third kappa shape index (κ3) is 4.04. The zero-order chi connectivity index (χ0) is 20.3. The van der Waals surface area contributed by atoms with E-state index in [1.165, 1.54) is 12.1 Å². The van der Waals surface area contributed by atoms with Crippen molar-refractivity contribution in [2.45, 2.75) is 19.4 Å². The zero-order valence-electron chi connectivity index (χ0n) is 16.1. The highest BCUT2D eigenvalue weighted by Gasteiger charge is 2.33. The lowest BCUT2D eigenvalue weighted by atomic mass is 9.95. The van der Waals surface area contributed by atoms with Crippen molar-refractivity contribution >= 4 is 17.6 Å². The smallest absolute Gasteiger partial charge is 0.338 e. The number of carbonyl (C=O) groups excluding carboxylic acids is 1. The number of carbonyl (C=O) groups is 1. The standard InChI is InChI=1S/C19H23N5O4/c1-13-16(18(25)28-11-5-9-22(2)3)17(23-10-8-20-19(23)21-13)14-6-4-7-15(12-14)24(26)27/h4,6-8,10,12,17H,5,9,11H2,1-3H3,(H,20,21). The summed E-state index contributed by atoms with van der Waals surface area (Å²) in [5, 5.41) is 14.3. The highest BCUT2D eigenvalue weighted by atomic mass is 16.6. The van der Waals surface area contributed by atoms with Crippen LogP contribution in [0.25, 0.3) is 0 Å². The Morgan fingerprint density at radius 1 is 1.43 bits per heavy atom. The van der Waals surface area contributed by atoms with Crippen molar-refractivity contribution in [2.75, 3.05) is 32.6 Å². The number of allylic oxidation sites excluding steroid dienone is 1. The summed E-state index contributed by atoms with van der Waals surface area (Å²) < 4.78 is 7.27. The molecule has 0 aliphatic carbocycles. The molecule has 2 heterocycles. The molecule has 1 aromatic heterocycles. The van der Waals surface area contributed by atoms with Gasteiger partial charge in [-0.05, 0) is 33.0 Å². The van der Waals surface area contributed by atoms with Crippen molar-refractivity contribution in [1.82, 2.24) is 14.5 Å². The fourth-order valence-electron chi connectivity index (χ4n) is 3.22. The molecule has 0 saturated carbocycles. The molecule has 1 aliphatic heterocycles. The molecular formula is C19H23N5O4. The largest absolute Gasteiger partial charge is 0.462 e. The molecule has 9 nitrogen and oxygen atoms in total. The molecule has 2 aromatic rings. The van der Waals surface area contributed by atoms with E-state index < -0.39 is 16.9 Å². The average molecular weight is 385 g/mol. The summed E-state index contributed by atoms with van der Waals surface area (Å²) in [7, 11) is 3.91. The normalized spacial score (nSPS) is 15.9. The maximum atomic E-state index is 12.9. The fraction of sp³-hybridized carbons (Fsp3) is 0.368. The second-order valence-corrected chi connectivity index (χ2v) is 6.87. The van der Waals surface area contributed by atoms with Gasteiger partial charge < -0.3 is 19.5 Å². The molecule has 9 heteroatoms. The molecule has 0 amide bonds. The van der Waals surface area contributed by atoms with E-state index in [0.29, 0.717) is 29.4 Å². The van der Waals surface area contributed by atoms with Gasteiger partial charge in [0.1, 0.15) is 0 Å². The third-order valence-electron chi connectivity index (χ3n) is 4.52. The van der Waals surface area contributed by atoms with E-state index in [2.05, 4.69) is 10.3 Å². The average Bonchev–Trinajstić information content (AvgIpc) is 3.11. The Morgan fingerprint density at radius 2 is 2.21 bits per heavy atom. The molecule has 28 heavy (non-hydrogen) atoms. The quantitative estimate of drug-likeness (QED) is 0.338. The SMILES string of the molecule is CC1=C(C(=O)OCCCN(C)C)C(c2cccc([N+](=O)[O-])c2)n2ccnc2N1. The first-order chi connectivity index (χ1) is 13.4. The van der Waals surface area contributed by atoms with Crippen LogP contribution in [0.3, 0.4) is 0 Å². The second kappa shape index (κ2) is 8.22. The zero-order valence-corrected chi connectivity index (χ0v) is 16.1. The van der Waals surface area contributed by atoms with Crippen molar-refractivity contribution in [2.24, 2.45) is 0 Å². The number of hydrogen-bond donors (Lipinski definition) is 1. The summed E-state index contributed by atoms with van der Waals surface area (Å²) in [4.78, 5) is 29.9. The van der Waals surface area contributed by atoms with Crippen LogP contribution in [0.15, 0.2) is 47.9 Å². The van der Waals surface area contributed by atoms with E-state index in [1.54, 1.807) is 36.0 Å². The van der Waals surface area contributed by atoms with Gasteiger partial charge in [0.25, 0.3) is 5.69 Å². The molecule has 1 unspecified atom stereocenters. The second-order valence-electron chi connectivity index (χ2n) is 6.87. The highest BCUT2D eigenvalue weighted by molar-refractivity contribution is 5.92. The molecule has 3 rings (SSSR count). The van der Waals surface area contributed by atoms with Crippen LogP contribution in [0.5, 0.6) is 0 Å². The number of fused-ring (bicyclic) bond motifs is 1. The van der Waals surface area contributed by atoms with E-state index in [0.717, 1.165) is 13.0 Å². The van der Waals surface area contributed by atoms with Crippen molar-refractivity contribution in [3.05, 3.63) is 63.6 Å². The van der Waals surface area contributed by atoms with Crippen LogP contribution >= 0.6 is 0 Å². The topological polar surface area (TPSA) is 103 Å². The Labute approximate surface area is 162 Å². The van der Waals surface area contributed by atoms with Gasteiger partial charge in [0.15, 0.2) is 0 Å². The first-order valence-corrected chi connectivity index (χ1v) is 8.95. The predicted molar refractivity (Wildman–Crippen MR) is 104 cm³/mol. The minimum atomic E-state index is -0.556. The molecule has 1 aliphatic rings. The van der Waals surface area contributed by atoms with Crippen LogP contribution in [0.2, 0.25) is 0 Å². The van der Waals surface area contributed by atoms with E-state index in [-0.39, 0.29) is 5.69 Å². The van der Waals surface area contributed by atoms with Gasteiger partial charge in [0.2, 0.25) is 5.95 Å². The number of aromatic nitrogens is 2. The summed E-state index contributed by atoms with van der Waals surface area (Å²) in [6.07, 6.45) is 4.07. The number of rotatable bonds is 7. The van der Waals surface area contributed by atoms with E-state index in [9.17, 15) is 14.9 Å². The van der Waals surface area contributed by atoms with Crippen LogP contribution in [-0.4, -0.2) is 52.6 Å². The number of nitrogens with zero attached hydrogens (tertiary/aromatic N) is 4. The summed E-state index contributed by atoms with van der Waals surface area (Å²) in [5.41, 5.74) is 1.62. The molecule has 1 N–H and O–H groups in total. The first-order valence-electron chi connectivity index (χ1n) is 8.95. The third-order valence-corrected chi connectivity index (χ3v) is 4.52.